The van der Waals surface area contributed by atoms with Crippen LogP contribution in [0.5, 0.6) is 5.75 Å². The highest BCUT2D eigenvalue weighted by atomic mass is 32.1. The van der Waals surface area contributed by atoms with Gasteiger partial charge in [0, 0.05) is 37.0 Å². The van der Waals surface area contributed by atoms with Gasteiger partial charge in [0.1, 0.15) is 5.75 Å². The van der Waals surface area contributed by atoms with Crippen molar-refractivity contribution in [2.75, 3.05) is 20.2 Å². The van der Waals surface area contributed by atoms with Gasteiger partial charge in [-0.2, -0.15) is 0 Å². The van der Waals surface area contributed by atoms with Gasteiger partial charge in [0.25, 0.3) is 0 Å². The van der Waals surface area contributed by atoms with Crippen molar-refractivity contribution in [3.63, 3.8) is 0 Å². The minimum atomic E-state index is 0.338. The van der Waals surface area contributed by atoms with Crippen molar-refractivity contribution in [3.8, 4) is 27.4 Å². The monoisotopic (exact) mass is 486 g/mol. The van der Waals surface area contributed by atoms with Gasteiger partial charge in [-0.15, -0.1) is 11.3 Å². The molecule has 0 aliphatic carbocycles. The first-order valence-corrected chi connectivity index (χ1v) is 13.6. The molecule has 5 heteroatoms. The zero-order valence-corrected chi connectivity index (χ0v) is 21.6. The highest BCUT2D eigenvalue weighted by molar-refractivity contribution is 7.14. The smallest absolute Gasteiger partial charge is 0.222 e. The summed E-state index contributed by atoms with van der Waals surface area (Å²) < 4.78 is 8.01. The zero-order valence-electron chi connectivity index (χ0n) is 20.8. The molecule has 4 aromatic rings. The van der Waals surface area contributed by atoms with Crippen LogP contribution in [0.4, 0.5) is 0 Å². The number of likely N-dealkylation sites (tertiary alicyclic amines) is 1. The summed E-state index contributed by atoms with van der Waals surface area (Å²) in [6.45, 7) is 5.07. The summed E-state index contributed by atoms with van der Waals surface area (Å²) >= 11 is 1.81. The second-order valence-electron chi connectivity index (χ2n) is 9.47. The van der Waals surface area contributed by atoms with E-state index in [4.69, 9.17) is 4.74 Å². The van der Waals surface area contributed by atoms with E-state index in [1.54, 1.807) is 7.11 Å². The Kier molecular flexibility index (Phi) is 7.24. The lowest BCUT2D eigenvalue weighted by Gasteiger charge is -2.15. The van der Waals surface area contributed by atoms with E-state index < -0.39 is 0 Å². The number of benzene rings is 2. The maximum atomic E-state index is 12.4. The fraction of sp³-hybridized carbons (Fsp3) is 0.367. The van der Waals surface area contributed by atoms with E-state index in [2.05, 4.69) is 71.5 Å². The van der Waals surface area contributed by atoms with E-state index in [1.807, 2.05) is 16.2 Å². The van der Waals surface area contributed by atoms with Gasteiger partial charge in [0.05, 0.1) is 17.7 Å². The first-order chi connectivity index (χ1) is 17.2. The van der Waals surface area contributed by atoms with Crippen LogP contribution in [0.3, 0.4) is 0 Å². The van der Waals surface area contributed by atoms with Crippen molar-refractivity contribution in [1.29, 1.82) is 0 Å². The number of nitrogens with zero attached hydrogens (tertiary/aromatic N) is 2. The molecule has 5 rings (SSSR count). The van der Waals surface area contributed by atoms with E-state index in [1.165, 1.54) is 38.2 Å². The summed E-state index contributed by atoms with van der Waals surface area (Å²) in [7, 11) is 1.73. The Morgan fingerprint density at radius 2 is 1.77 bits per heavy atom. The van der Waals surface area contributed by atoms with Crippen LogP contribution in [0.1, 0.15) is 44.1 Å². The van der Waals surface area contributed by atoms with Gasteiger partial charge < -0.3 is 14.2 Å². The lowest BCUT2D eigenvalue weighted by atomic mass is 10.1. The molecule has 0 radical (unpaired) electrons. The molecule has 2 aromatic carbocycles. The molecule has 35 heavy (non-hydrogen) atoms. The predicted octanol–water partition coefficient (Wildman–Crippen LogP) is 7.54. The summed E-state index contributed by atoms with van der Waals surface area (Å²) in [6.07, 6.45) is 6.09. The molecular formula is C30H34N2O2S. The SMILES string of the molecule is COc1ccc2c(c1)c(C)c(-c1cc(-c3ccccc3)cs1)n2CCCCCC(=O)N1CCCC1. The number of fused-ring (bicyclic) bond motifs is 1. The number of thiophene rings is 1. The molecule has 0 atom stereocenters. The van der Waals surface area contributed by atoms with Crippen LogP contribution in [0.25, 0.3) is 32.6 Å². The van der Waals surface area contributed by atoms with Crippen LogP contribution < -0.4 is 4.74 Å². The molecule has 1 amide bonds. The summed E-state index contributed by atoms with van der Waals surface area (Å²) in [4.78, 5) is 15.7. The Morgan fingerprint density at radius 3 is 2.54 bits per heavy atom. The number of carbonyl (C=O) groups excluding carboxylic acids is 1. The van der Waals surface area contributed by atoms with Crippen LogP contribution in [0, 0.1) is 6.92 Å². The van der Waals surface area contributed by atoms with Crippen LogP contribution in [-0.2, 0) is 11.3 Å². The van der Waals surface area contributed by atoms with E-state index in [0.717, 1.165) is 57.5 Å². The molecule has 0 spiro atoms. The standard InChI is InChI=1S/C30H34N2O2S/c1-22-26-20-25(34-2)14-15-27(26)32(18-8-4-7-13-29(33)31-16-9-10-17-31)30(22)28-19-24(21-35-28)23-11-5-3-6-12-23/h3,5-6,11-12,14-15,19-21H,4,7-10,13,16-18H2,1-2H3. The highest BCUT2D eigenvalue weighted by Gasteiger charge is 2.19. The van der Waals surface area contributed by atoms with Crippen LogP contribution in [0.2, 0.25) is 0 Å². The number of hydrogen-bond donors (Lipinski definition) is 0. The van der Waals surface area contributed by atoms with Crippen molar-refractivity contribution in [2.45, 2.75) is 52.0 Å². The molecule has 0 bridgehead atoms. The molecule has 0 N–H and O–H groups in total. The quantitative estimate of drug-likeness (QED) is 0.229. The number of amides is 1. The number of unbranched alkanes of at least 4 members (excludes halogenated alkanes) is 2. The lowest BCUT2D eigenvalue weighted by Crippen LogP contribution is -2.27. The van der Waals surface area contributed by atoms with Gasteiger partial charge in [-0.05, 0) is 78.9 Å². The van der Waals surface area contributed by atoms with E-state index in [-0.39, 0.29) is 0 Å². The number of rotatable bonds is 9. The van der Waals surface area contributed by atoms with Crippen LogP contribution in [-0.4, -0.2) is 35.6 Å². The van der Waals surface area contributed by atoms with Crippen LogP contribution in [0.15, 0.2) is 60.0 Å². The Bertz CT molecular complexity index is 1300. The van der Waals surface area contributed by atoms with E-state index in [0.29, 0.717) is 12.3 Å². The number of methoxy groups -OCH3 is 1. The normalized spacial score (nSPS) is 13.6. The number of aryl methyl sites for hydroxylation is 2. The molecule has 182 valence electrons. The molecule has 1 aliphatic rings. The minimum Gasteiger partial charge on any atom is -0.497 e. The Hall–Kier alpha value is -3.05. The first kappa shape index (κ1) is 23.7. The fourth-order valence-electron chi connectivity index (χ4n) is 5.27. The molecule has 4 nitrogen and oxygen atoms in total. The zero-order chi connectivity index (χ0) is 24.2. The average Bonchev–Trinajstić information content (AvgIpc) is 3.65. The van der Waals surface area contributed by atoms with Crippen molar-refractivity contribution < 1.29 is 9.53 Å². The third kappa shape index (κ3) is 5.01. The maximum absolute atomic E-state index is 12.4. The summed E-state index contributed by atoms with van der Waals surface area (Å²) in [5.41, 5.74) is 6.36. The van der Waals surface area contributed by atoms with E-state index >= 15 is 0 Å². The number of ether oxygens (including phenoxy) is 1. The molecule has 3 heterocycles. The van der Waals surface area contributed by atoms with Gasteiger partial charge in [-0.25, -0.2) is 0 Å². The molecule has 1 aliphatic heterocycles. The first-order valence-electron chi connectivity index (χ1n) is 12.7. The number of aromatic nitrogens is 1. The summed E-state index contributed by atoms with van der Waals surface area (Å²) in [5.74, 6) is 1.23. The Labute approximate surface area is 212 Å². The number of hydrogen-bond acceptors (Lipinski definition) is 3. The van der Waals surface area contributed by atoms with Gasteiger partial charge in [-0.1, -0.05) is 36.8 Å². The Morgan fingerprint density at radius 1 is 0.971 bits per heavy atom. The molecule has 1 fully saturated rings. The van der Waals surface area contributed by atoms with Gasteiger partial charge >= 0.3 is 0 Å². The minimum absolute atomic E-state index is 0.338. The van der Waals surface area contributed by atoms with Gasteiger partial charge in [-0.3, -0.25) is 4.79 Å². The second kappa shape index (κ2) is 10.7. The largest absolute Gasteiger partial charge is 0.497 e. The van der Waals surface area contributed by atoms with E-state index in [9.17, 15) is 4.79 Å². The lowest BCUT2D eigenvalue weighted by molar-refractivity contribution is -0.130. The maximum Gasteiger partial charge on any atom is 0.222 e. The van der Waals surface area contributed by atoms with Crippen molar-refractivity contribution >= 4 is 28.1 Å². The van der Waals surface area contributed by atoms with Gasteiger partial charge in [0.2, 0.25) is 5.91 Å². The van der Waals surface area contributed by atoms with Gasteiger partial charge in [0.15, 0.2) is 0 Å². The topological polar surface area (TPSA) is 34.5 Å². The predicted molar refractivity (Wildman–Crippen MR) is 146 cm³/mol. The molecule has 0 saturated carbocycles. The highest BCUT2D eigenvalue weighted by Crippen LogP contribution is 2.40. The average molecular weight is 487 g/mol. The molecular weight excluding hydrogens is 452 g/mol. The Balaban J connectivity index is 1.37. The van der Waals surface area contributed by atoms with Crippen molar-refractivity contribution in [3.05, 3.63) is 65.5 Å². The van der Waals surface area contributed by atoms with Crippen molar-refractivity contribution in [1.82, 2.24) is 9.47 Å². The molecule has 1 saturated heterocycles. The third-order valence-electron chi connectivity index (χ3n) is 7.19. The summed E-state index contributed by atoms with van der Waals surface area (Å²) in [6, 6.07) is 19.3. The number of carbonyl (C=O) groups is 1. The second-order valence-corrected chi connectivity index (χ2v) is 10.4. The summed E-state index contributed by atoms with van der Waals surface area (Å²) in [5, 5.41) is 3.51. The molecule has 2 aromatic heterocycles. The third-order valence-corrected chi connectivity index (χ3v) is 8.13. The molecule has 0 unspecified atom stereocenters. The fourth-order valence-corrected chi connectivity index (χ4v) is 6.30. The van der Waals surface area contributed by atoms with Crippen molar-refractivity contribution in [2.24, 2.45) is 0 Å². The van der Waals surface area contributed by atoms with Crippen LogP contribution >= 0.6 is 11.3 Å².